The predicted molar refractivity (Wildman–Crippen MR) is 119 cm³/mol. The SMILES string of the molecule is CC(=O)N1CCC(C(=O)N(C)Cc2ccc(C(=O)N3CC4CCC(CC4)C3)cc2)CC1. The summed E-state index contributed by atoms with van der Waals surface area (Å²) in [5, 5.41) is 0. The maximum Gasteiger partial charge on any atom is 0.253 e. The van der Waals surface area contributed by atoms with Gasteiger partial charge in [0.15, 0.2) is 0 Å². The van der Waals surface area contributed by atoms with E-state index in [1.807, 2.05) is 36.2 Å². The average Bonchev–Trinajstić information content (AvgIpc) is 3.13. The number of fused-ring (bicyclic) bond motifs is 4. The van der Waals surface area contributed by atoms with Gasteiger partial charge in [-0.1, -0.05) is 12.1 Å². The first-order valence-electron chi connectivity index (χ1n) is 11.8. The molecule has 0 aromatic heterocycles. The Hall–Kier alpha value is -2.37. The molecule has 4 aliphatic rings. The number of likely N-dealkylation sites (tertiary alicyclic amines) is 1. The molecule has 0 N–H and O–H groups in total. The third kappa shape index (κ3) is 5.10. The van der Waals surface area contributed by atoms with E-state index in [1.165, 1.54) is 25.7 Å². The number of benzene rings is 1. The average molecular weight is 426 g/mol. The zero-order chi connectivity index (χ0) is 22.0. The van der Waals surface area contributed by atoms with E-state index in [2.05, 4.69) is 4.90 Å². The van der Waals surface area contributed by atoms with Crippen molar-refractivity contribution in [3.8, 4) is 0 Å². The number of hydrogen-bond donors (Lipinski definition) is 0. The molecule has 1 aliphatic carbocycles. The number of carbonyl (C=O) groups excluding carboxylic acids is 3. The Morgan fingerprint density at radius 1 is 0.871 bits per heavy atom. The molecule has 3 amide bonds. The van der Waals surface area contributed by atoms with Crippen molar-refractivity contribution in [1.29, 1.82) is 0 Å². The minimum atomic E-state index is -0.0140. The van der Waals surface area contributed by atoms with Crippen LogP contribution in [0.4, 0.5) is 0 Å². The highest BCUT2D eigenvalue weighted by Gasteiger charge is 2.32. The molecule has 5 rings (SSSR count). The number of nitrogens with zero attached hydrogens (tertiary/aromatic N) is 3. The normalized spacial score (nSPS) is 24.1. The second-order valence-corrected chi connectivity index (χ2v) is 9.77. The van der Waals surface area contributed by atoms with Gasteiger partial charge in [0.2, 0.25) is 11.8 Å². The van der Waals surface area contributed by atoms with E-state index in [0.29, 0.717) is 31.5 Å². The van der Waals surface area contributed by atoms with E-state index >= 15 is 0 Å². The lowest BCUT2D eigenvalue weighted by atomic mass is 9.84. The minimum absolute atomic E-state index is 0.0140. The fourth-order valence-electron chi connectivity index (χ4n) is 5.50. The summed E-state index contributed by atoms with van der Waals surface area (Å²) >= 11 is 0. The molecule has 1 aromatic carbocycles. The van der Waals surface area contributed by atoms with Crippen LogP contribution in [0.5, 0.6) is 0 Å². The van der Waals surface area contributed by atoms with E-state index in [0.717, 1.165) is 37.1 Å². The third-order valence-corrected chi connectivity index (χ3v) is 7.50. The Morgan fingerprint density at radius 2 is 1.42 bits per heavy atom. The summed E-state index contributed by atoms with van der Waals surface area (Å²) in [6, 6.07) is 7.77. The Kier molecular flexibility index (Phi) is 6.63. The van der Waals surface area contributed by atoms with Crippen LogP contribution in [0.2, 0.25) is 0 Å². The molecule has 1 saturated carbocycles. The van der Waals surface area contributed by atoms with E-state index in [9.17, 15) is 14.4 Å². The first-order chi connectivity index (χ1) is 14.9. The first-order valence-corrected chi connectivity index (χ1v) is 11.8. The molecule has 0 unspecified atom stereocenters. The number of piperidine rings is 1. The zero-order valence-electron chi connectivity index (χ0n) is 18.9. The summed E-state index contributed by atoms with van der Waals surface area (Å²) in [6.45, 7) is 5.24. The molecule has 2 bridgehead atoms. The lowest BCUT2D eigenvalue weighted by Gasteiger charge is -2.32. The quantitative estimate of drug-likeness (QED) is 0.745. The van der Waals surface area contributed by atoms with Gasteiger partial charge in [-0.25, -0.2) is 0 Å². The van der Waals surface area contributed by atoms with Crippen LogP contribution in [0.15, 0.2) is 24.3 Å². The summed E-state index contributed by atoms with van der Waals surface area (Å²) in [4.78, 5) is 43.0. The Labute approximate surface area is 185 Å². The third-order valence-electron chi connectivity index (χ3n) is 7.50. The summed E-state index contributed by atoms with van der Waals surface area (Å²) in [6.07, 6.45) is 6.52. The molecule has 0 spiro atoms. The highest BCUT2D eigenvalue weighted by atomic mass is 16.2. The number of rotatable bonds is 4. The van der Waals surface area contributed by atoms with Crippen molar-refractivity contribution in [1.82, 2.24) is 14.7 Å². The Balaban J connectivity index is 1.31. The van der Waals surface area contributed by atoms with Crippen LogP contribution in [-0.4, -0.2) is 65.6 Å². The second kappa shape index (κ2) is 9.41. The summed E-state index contributed by atoms with van der Waals surface area (Å²) in [7, 11) is 1.84. The van der Waals surface area contributed by atoms with Crippen molar-refractivity contribution in [3.63, 3.8) is 0 Å². The molecule has 168 valence electrons. The van der Waals surface area contributed by atoms with Gasteiger partial charge in [-0.05, 0) is 68.1 Å². The molecule has 31 heavy (non-hydrogen) atoms. The van der Waals surface area contributed by atoms with Crippen LogP contribution >= 0.6 is 0 Å². The largest absolute Gasteiger partial charge is 0.343 e. The minimum Gasteiger partial charge on any atom is -0.343 e. The first kappa shape index (κ1) is 21.8. The smallest absolute Gasteiger partial charge is 0.253 e. The van der Waals surface area contributed by atoms with Crippen LogP contribution in [0.1, 0.15) is 61.4 Å². The standard InChI is InChI=1S/C25H35N3O3/c1-18(29)27-13-11-23(12-14-27)24(30)26(2)15-19-7-9-22(10-8-19)25(31)28-16-20-3-4-21(17-28)6-5-20/h7-10,20-21,23H,3-6,11-17H2,1-2H3. The Bertz CT molecular complexity index is 792. The van der Waals surface area contributed by atoms with Crippen molar-refractivity contribution in [2.45, 2.75) is 52.0 Å². The van der Waals surface area contributed by atoms with Crippen molar-refractivity contribution in [2.24, 2.45) is 17.8 Å². The molecular formula is C25H35N3O3. The fraction of sp³-hybridized carbons (Fsp3) is 0.640. The number of amides is 3. The van der Waals surface area contributed by atoms with E-state index < -0.39 is 0 Å². The van der Waals surface area contributed by atoms with Gasteiger partial charge in [-0.3, -0.25) is 14.4 Å². The Morgan fingerprint density at radius 3 is 1.94 bits per heavy atom. The van der Waals surface area contributed by atoms with Gasteiger partial charge in [-0.2, -0.15) is 0 Å². The zero-order valence-corrected chi connectivity index (χ0v) is 18.9. The van der Waals surface area contributed by atoms with Gasteiger partial charge in [0, 0.05) is 58.2 Å². The molecule has 3 aliphatic heterocycles. The predicted octanol–water partition coefficient (Wildman–Crippen LogP) is 3.17. The number of hydrogen-bond acceptors (Lipinski definition) is 3. The van der Waals surface area contributed by atoms with E-state index in [-0.39, 0.29) is 23.6 Å². The van der Waals surface area contributed by atoms with E-state index in [1.54, 1.807) is 11.8 Å². The van der Waals surface area contributed by atoms with Gasteiger partial charge in [0.1, 0.15) is 0 Å². The maximum atomic E-state index is 13.0. The van der Waals surface area contributed by atoms with Crippen LogP contribution in [-0.2, 0) is 16.1 Å². The van der Waals surface area contributed by atoms with Crippen molar-refractivity contribution < 1.29 is 14.4 Å². The molecule has 0 radical (unpaired) electrons. The van der Waals surface area contributed by atoms with Gasteiger partial charge in [0.25, 0.3) is 5.91 Å². The van der Waals surface area contributed by atoms with Crippen molar-refractivity contribution in [2.75, 3.05) is 33.2 Å². The fourth-order valence-corrected chi connectivity index (χ4v) is 5.50. The lowest BCUT2D eigenvalue weighted by molar-refractivity contribution is -0.139. The maximum absolute atomic E-state index is 13.0. The van der Waals surface area contributed by atoms with Crippen LogP contribution in [0.3, 0.4) is 0 Å². The van der Waals surface area contributed by atoms with E-state index in [4.69, 9.17) is 0 Å². The molecule has 6 heteroatoms. The van der Waals surface area contributed by atoms with Crippen molar-refractivity contribution >= 4 is 17.7 Å². The van der Waals surface area contributed by atoms with Gasteiger partial charge >= 0.3 is 0 Å². The molecule has 4 fully saturated rings. The van der Waals surface area contributed by atoms with Crippen molar-refractivity contribution in [3.05, 3.63) is 35.4 Å². The topological polar surface area (TPSA) is 60.9 Å². The molecule has 1 aromatic rings. The van der Waals surface area contributed by atoms with Crippen LogP contribution in [0, 0.1) is 17.8 Å². The summed E-state index contributed by atoms with van der Waals surface area (Å²) in [5.41, 5.74) is 1.78. The molecule has 3 heterocycles. The summed E-state index contributed by atoms with van der Waals surface area (Å²) in [5.74, 6) is 1.70. The second-order valence-electron chi connectivity index (χ2n) is 9.77. The molecule has 6 nitrogen and oxygen atoms in total. The highest BCUT2D eigenvalue weighted by Crippen LogP contribution is 2.34. The van der Waals surface area contributed by atoms with Crippen LogP contribution < -0.4 is 0 Å². The van der Waals surface area contributed by atoms with Gasteiger partial charge < -0.3 is 14.7 Å². The highest BCUT2D eigenvalue weighted by molar-refractivity contribution is 5.94. The number of carbonyl (C=O) groups is 3. The molecule has 0 atom stereocenters. The van der Waals surface area contributed by atoms with Gasteiger partial charge in [0.05, 0.1) is 0 Å². The summed E-state index contributed by atoms with van der Waals surface area (Å²) < 4.78 is 0. The van der Waals surface area contributed by atoms with Gasteiger partial charge in [-0.15, -0.1) is 0 Å². The lowest BCUT2D eigenvalue weighted by Crippen LogP contribution is -2.42. The monoisotopic (exact) mass is 425 g/mol. The molecule has 3 saturated heterocycles. The van der Waals surface area contributed by atoms with Crippen LogP contribution in [0.25, 0.3) is 0 Å². The molecular weight excluding hydrogens is 390 g/mol.